The second kappa shape index (κ2) is 7.14. The third-order valence-corrected chi connectivity index (χ3v) is 4.35. The van der Waals surface area contributed by atoms with Gasteiger partial charge in [-0.3, -0.25) is 0 Å². The number of thioether (sulfide) groups is 1. The normalized spacial score (nSPS) is 14.0. The smallest absolute Gasteiger partial charge is 0.0870 e. The summed E-state index contributed by atoms with van der Waals surface area (Å²) in [5.74, 6) is -0.158. The van der Waals surface area contributed by atoms with E-state index in [0.29, 0.717) is 11.6 Å². The maximum Gasteiger partial charge on any atom is 0.0870 e. The molecule has 0 saturated carbocycles. The lowest BCUT2D eigenvalue weighted by Crippen LogP contribution is -2.20. The number of aliphatic hydroxyl groups excluding tert-OH is 1. The zero-order valence-corrected chi connectivity index (χ0v) is 12.9. The molecule has 0 aliphatic carbocycles. The highest BCUT2D eigenvalue weighted by molar-refractivity contribution is 7.98. The van der Waals surface area contributed by atoms with Crippen molar-refractivity contribution >= 4 is 23.4 Å². The molecule has 2 aromatic rings. The molecule has 2 nitrogen and oxygen atoms in total. The third-order valence-electron chi connectivity index (χ3n) is 3.37. The van der Waals surface area contributed by atoms with Gasteiger partial charge in [0, 0.05) is 22.4 Å². The average Bonchev–Trinajstić information content (AvgIpc) is 2.48. The van der Waals surface area contributed by atoms with Crippen LogP contribution in [0.5, 0.6) is 0 Å². The average molecular weight is 308 g/mol. The third kappa shape index (κ3) is 3.55. The number of rotatable bonds is 5. The van der Waals surface area contributed by atoms with Crippen LogP contribution in [0.25, 0.3) is 0 Å². The van der Waals surface area contributed by atoms with Gasteiger partial charge in [-0.25, -0.2) is 0 Å². The SMILES string of the molecule is CSc1ccc(C(O)C(CN)c2cccc(Cl)c2)cc1. The molecule has 0 fully saturated rings. The van der Waals surface area contributed by atoms with E-state index < -0.39 is 6.10 Å². The predicted molar refractivity (Wildman–Crippen MR) is 86.4 cm³/mol. The summed E-state index contributed by atoms with van der Waals surface area (Å²) in [6.07, 6.45) is 1.40. The number of nitrogens with two attached hydrogens (primary N) is 1. The molecular weight excluding hydrogens is 290 g/mol. The molecule has 3 N–H and O–H groups in total. The minimum absolute atomic E-state index is 0.158. The molecule has 0 saturated heterocycles. The maximum absolute atomic E-state index is 10.6. The van der Waals surface area contributed by atoms with E-state index in [1.165, 1.54) is 4.90 Å². The fraction of sp³-hybridized carbons (Fsp3) is 0.250. The molecule has 2 aromatic carbocycles. The van der Waals surface area contributed by atoms with Crippen molar-refractivity contribution in [3.8, 4) is 0 Å². The molecule has 0 aliphatic rings. The molecule has 2 rings (SSSR count). The molecular formula is C16H18ClNOS. The van der Waals surface area contributed by atoms with Crippen molar-refractivity contribution in [2.45, 2.75) is 16.9 Å². The summed E-state index contributed by atoms with van der Waals surface area (Å²) in [6, 6.07) is 15.4. The van der Waals surface area contributed by atoms with Crippen LogP contribution in [-0.2, 0) is 0 Å². The van der Waals surface area contributed by atoms with E-state index in [1.807, 2.05) is 54.8 Å². The Bertz CT molecular complexity index is 559. The van der Waals surface area contributed by atoms with Gasteiger partial charge < -0.3 is 10.8 Å². The highest BCUT2D eigenvalue weighted by Gasteiger charge is 2.21. The zero-order valence-electron chi connectivity index (χ0n) is 11.3. The van der Waals surface area contributed by atoms with Crippen molar-refractivity contribution in [2.24, 2.45) is 5.73 Å². The van der Waals surface area contributed by atoms with Gasteiger partial charge in [-0.1, -0.05) is 35.9 Å². The largest absolute Gasteiger partial charge is 0.388 e. The van der Waals surface area contributed by atoms with Crippen LogP contribution in [0.2, 0.25) is 5.02 Å². The van der Waals surface area contributed by atoms with Crippen LogP contribution < -0.4 is 5.73 Å². The number of hydrogen-bond acceptors (Lipinski definition) is 3. The number of hydrogen-bond donors (Lipinski definition) is 2. The second-order valence-electron chi connectivity index (χ2n) is 4.62. The van der Waals surface area contributed by atoms with E-state index in [-0.39, 0.29) is 5.92 Å². The van der Waals surface area contributed by atoms with Crippen LogP contribution in [0.4, 0.5) is 0 Å². The highest BCUT2D eigenvalue weighted by Crippen LogP contribution is 2.32. The van der Waals surface area contributed by atoms with Crippen LogP contribution in [-0.4, -0.2) is 17.9 Å². The van der Waals surface area contributed by atoms with E-state index in [4.69, 9.17) is 17.3 Å². The summed E-state index contributed by atoms with van der Waals surface area (Å²) in [4.78, 5) is 1.17. The van der Waals surface area contributed by atoms with Crippen molar-refractivity contribution in [1.29, 1.82) is 0 Å². The van der Waals surface area contributed by atoms with Gasteiger partial charge in [0.2, 0.25) is 0 Å². The van der Waals surface area contributed by atoms with E-state index in [9.17, 15) is 5.11 Å². The Labute approximate surface area is 129 Å². The number of halogens is 1. The Morgan fingerprint density at radius 2 is 1.85 bits per heavy atom. The molecule has 0 aromatic heterocycles. The van der Waals surface area contributed by atoms with Gasteiger partial charge in [0.25, 0.3) is 0 Å². The summed E-state index contributed by atoms with van der Waals surface area (Å²) < 4.78 is 0. The first kappa shape index (κ1) is 15.4. The molecule has 0 bridgehead atoms. The van der Waals surface area contributed by atoms with E-state index in [2.05, 4.69) is 0 Å². The van der Waals surface area contributed by atoms with Crippen molar-refractivity contribution in [1.82, 2.24) is 0 Å². The van der Waals surface area contributed by atoms with Crippen molar-refractivity contribution in [3.05, 3.63) is 64.7 Å². The summed E-state index contributed by atoms with van der Waals surface area (Å²) in [6.45, 7) is 0.367. The van der Waals surface area contributed by atoms with Crippen LogP contribution >= 0.6 is 23.4 Å². The highest BCUT2D eigenvalue weighted by atomic mass is 35.5. The van der Waals surface area contributed by atoms with Crippen molar-refractivity contribution in [3.63, 3.8) is 0 Å². The van der Waals surface area contributed by atoms with Gasteiger partial charge in [0.15, 0.2) is 0 Å². The summed E-state index contributed by atoms with van der Waals surface area (Å²) in [7, 11) is 0. The van der Waals surface area contributed by atoms with Crippen LogP contribution in [0.15, 0.2) is 53.4 Å². The van der Waals surface area contributed by atoms with Gasteiger partial charge >= 0.3 is 0 Å². The van der Waals surface area contributed by atoms with E-state index in [1.54, 1.807) is 11.8 Å². The lowest BCUT2D eigenvalue weighted by Gasteiger charge is -2.22. The Balaban J connectivity index is 2.26. The number of aliphatic hydroxyl groups is 1. The molecule has 0 amide bonds. The predicted octanol–water partition coefficient (Wildman–Crippen LogP) is 3.84. The van der Waals surface area contributed by atoms with Crippen molar-refractivity contribution < 1.29 is 5.11 Å². The molecule has 4 heteroatoms. The monoisotopic (exact) mass is 307 g/mol. The summed E-state index contributed by atoms with van der Waals surface area (Å²) in [5, 5.41) is 11.2. The minimum atomic E-state index is -0.630. The first-order valence-electron chi connectivity index (χ1n) is 6.43. The Kier molecular flexibility index (Phi) is 5.49. The van der Waals surface area contributed by atoms with Crippen LogP contribution in [0.3, 0.4) is 0 Å². The quantitative estimate of drug-likeness (QED) is 0.825. The fourth-order valence-electron chi connectivity index (χ4n) is 2.22. The van der Waals surface area contributed by atoms with Crippen molar-refractivity contribution in [2.75, 3.05) is 12.8 Å². The molecule has 2 atom stereocenters. The standard InChI is InChI=1S/C16H18ClNOS/c1-20-14-7-5-11(6-8-14)16(19)15(10-18)12-3-2-4-13(17)9-12/h2-9,15-16,19H,10,18H2,1H3. The number of benzene rings is 2. The molecule has 0 spiro atoms. The van der Waals surface area contributed by atoms with Gasteiger partial charge in [0.1, 0.15) is 0 Å². The molecule has 20 heavy (non-hydrogen) atoms. The van der Waals surface area contributed by atoms with Gasteiger partial charge in [0.05, 0.1) is 6.10 Å². The van der Waals surface area contributed by atoms with E-state index >= 15 is 0 Å². The fourth-order valence-corrected chi connectivity index (χ4v) is 2.82. The zero-order chi connectivity index (χ0) is 14.5. The summed E-state index contributed by atoms with van der Waals surface area (Å²) >= 11 is 7.69. The second-order valence-corrected chi connectivity index (χ2v) is 5.93. The first-order chi connectivity index (χ1) is 9.65. The Morgan fingerprint density at radius 3 is 2.40 bits per heavy atom. The topological polar surface area (TPSA) is 46.2 Å². The molecule has 0 radical (unpaired) electrons. The van der Waals surface area contributed by atoms with Gasteiger partial charge in [-0.05, 0) is 41.6 Å². The molecule has 0 heterocycles. The molecule has 0 aliphatic heterocycles. The lowest BCUT2D eigenvalue weighted by atomic mass is 9.89. The van der Waals surface area contributed by atoms with E-state index in [0.717, 1.165) is 11.1 Å². The minimum Gasteiger partial charge on any atom is -0.388 e. The Hall–Kier alpha value is -1.00. The van der Waals surface area contributed by atoms with Gasteiger partial charge in [-0.2, -0.15) is 0 Å². The summed E-state index contributed by atoms with van der Waals surface area (Å²) in [5.41, 5.74) is 7.68. The molecule has 2 unspecified atom stereocenters. The molecule has 106 valence electrons. The lowest BCUT2D eigenvalue weighted by molar-refractivity contribution is 0.147. The van der Waals surface area contributed by atoms with Gasteiger partial charge in [-0.15, -0.1) is 11.8 Å². The first-order valence-corrected chi connectivity index (χ1v) is 8.03. The maximum atomic E-state index is 10.6. The van der Waals surface area contributed by atoms with Crippen LogP contribution in [0, 0.1) is 0 Å². The Morgan fingerprint density at radius 1 is 1.15 bits per heavy atom. The van der Waals surface area contributed by atoms with Crippen LogP contribution in [0.1, 0.15) is 23.1 Å².